The molecule has 0 atom stereocenters. The van der Waals surface area contributed by atoms with Crippen molar-refractivity contribution in [3.63, 3.8) is 0 Å². The minimum Gasteiger partial charge on any atom is -0.179 e. The monoisotopic (exact) mass is 220 g/mol. The minimum atomic E-state index is 1.00. The normalized spacial score (nSPS) is 10.4. The molecule has 2 nitrogen and oxygen atoms in total. The predicted molar refractivity (Wildman–Crippen MR) is 58.3 cm³/mol. The van der Waals surface area contributed by atoms with Crippen molar-refractivity contribution in [1.29, 1.82) is 0 Å². The molecule has 5 heteroatoms. The third-order valence-corrected chi connectivity index (χ3v) is 3.35. The highest BCUT2D eigenvalue weighted by Gasteiger charge is 1.95. The van der Waals surface area contributed by atoms with Gasteiger partial charge in [0.1, 0.15) is 5.03 Å². The first-order chi connectivity index (χ1) is 5.93. The fourth-order valence-electron chi connectivity index (χ4n) is 0.786. The van der Waals surface area contributed by atoms with Crippen molar-refractivity contribution < 1.29 is 0 Å². The van der Waals surface area contributed by atoms with Gasteiger partial charge in [-0.3, -0.25) is 0 Å². The molecule has 0 fully saturated rings. The van der Waals surface area contributed by atoms with Crippen LogP contribution < -0.4 is 0 Å². The van der Waals surface area contributed by atoms with E-state index in [1.54, 1.807) is 11.8 Å². The lowest BCUT2D eigenvalue weighted by Gasteiger charge is -1.96. The second-order valence-electron chi connectivity index (χ2n) is 2.38. The van der Waals surface area contributed by atoms with Crippen LogP contribution in [0.4, 0.5) is 0 Å². The van der Waals surface area contributed by atoms with E-state index in [2.05, 4.69) is 22.2 Å². The fourth-order valence-corrected chi connectivity index (χ4v) is 2.44. The molecule has 1 rings (SSSR count). The Kier molecular flexibility index (Phi) is 5.81. The van der Waals surface area contributed by atoms with Gasteiger partial charge in [0.25, 0.3) is 0 Å². The van der Waals surface area contributed by atoms with E-state index < -0.39 is 0 Å². The van der Waals surface area contributed by atoms with Crippen molar-refractivity contribution in [2.75, 3.05) is 11.5 Å². The van der Waals surface area contributed by atoms with Crippen molar-refractivity contribution in [2.24, 2.45) is 0 Å². The maximum absolute atomic E-state index is 4.16. The number of aromatic nitrogens is 2. The van der Waals surface area contributed by atoms with Crippen LogP contribution in [0.15, 0.2) is 10.4 Å². The van der Waals surface area contributed by atoms with Gasteiger partial charge in [-0.2, -0.15) is 12.6 Å². The van der Waals surface area contributed by atoms with Gasteiger partial charge in [-0.05, 0) is 35.9 Å². The molecule has 12 heavy (non-hydrogen) atoms. The topological polar surface area (TPSA) is 25.8 Å². The summed E-state index contributed by atoms with van der Waals surface area (Å²) >= 11 is 7.36. The summed E-state index contributed by atoms with van der Waals surface area (Å²) in [4.78, 5) is 0. The predicted octanol–water partition coefficient (Wildman–Crippen LogP) is 2.73. The Morgan fingerprint density at radius 3 is 3.00 bits per heavy atom. The van der Waals surface area contributed by atoms with E-state index in [1.165, 1.54) is 30.8 Å². The first kappa shape index (κ1) is 10.3. The summed E-state index contributed by atoms with van der Waals surface area (Å²) in [5.74, 6) is 2.15. The van der Waals surface area contributed by atoms with E-state index in [1.807, 2.05) is 5.38 Å². The average Bonchev–Trinajstić information content (AvgIpc) is 2.57. The van der Waals surface area contributed by atoms with Crippen LogP contribution >= 0.6 is 35.9 Å². The lowest BCUT2D eigenvalue weighted by molar-refractivity contribution is 0.786. The number of hydrogen-bond donors (Lipinski definition) is 1. The van der Waals surface area contributed by atoms with E-state index in [0.717, 1.165) is 16.5 Å². The zero-order valence-corrected chi connectivity index (χ0v) is 9.30. The van der Waals surface area contributed by atoms with Gasteiger partial charge >= 0.3 is 0 Å². The highest BCUT2D eigenvalue weighted by atomic mass is 32.2. The molecule has 0 bridgehead atoms. The van der Waals surface area contributed by atoms with Crippen LogP contribution in [-0.4, -0.2) is 21.1 Å². The number of rotatable bonds is 6. The summed E-state index contributed by atoms with van der Waals surface area (Å²) < 4.78 is 3.80. The Morgan fingerprint density at radius 1 is 1.42 bits per heavy atom. The Balaban J connectivity index is 1.96. The summed E-state index contributed by atoms with van der Waals surface area (Å²) in [5, 5.41) is 7.00. The van der Waals surface area contributed by atoms with Crippen molar-refractivity contribution in [2.45, 2.75) is 24.3 Å². The van der Waals surface area contributed by atoms with Crippen molar-refractivity contribution in [1.82, 2.24) is 9.59 Å². The van der Waals surface area contributed by atoms with Crippen LogP contribution in [0, 0.1) is 0 Å². The summed E-state index contributed by atoms with van der Waals surface area (Å²) in [5.41, 5.74) is 0. The van der Waals surface area contributed by atoms with Gasteiger partial charge in [0.05, 0.1) is 0 Å². The highest BCUT2D eigenvalue weighted by Crippen LogP contribution is 2.17. The molecule has 0 N–H and O–H groups in total. The van der Waals surface area contributed by atoms with Crippen LogP contribution in [0.1, 0.15) is 19.3 Å². The molecule has 1 aromatic rings. The second kappa shape index (κ2) is 6.74. The molecule has 1 heterocycles. The molecule has 0 amide bonds. The average molecular weight is 220 g/mol. The van der Waals surface area contributed by atoms with E-state index in [9.17, 15) is 0 Å². The maximum Gasteiger partial charge on any atom is 0.131 e. The van der Waals surface area contributed by atoms with E-state index >= 15 is 0 Å². The number of hydrogen-bond acceptors (Lipinski definition) is 5. The van der Waals surface area contributed by atoms with Crippen LogP contribution in [0.2, 0.25) is 0 Å². The van der Waals surface area contributed by atoms with Crippen LogP contribution in [0.3, 0.4) is 0 Å². The van der Waals surface area contributed by atoms with Crippen molar-refractivity contribution in [3.05, 3.63) is 5.38 Å². The molecular weight excluding hydrogens is 208 g/mol. The third-order valence-electron chi connectivity index (χ3n) is 1.39. The Bertz CT molecular complexity index is 189. The lowest BCUT2D eigenvalue weighted by Crippen LogP contribution is -1.82. The Morgan fingerprint density at radius 2 is 2.33 bits per heavy atom. The SMILES string of the molecule is SCCCCCSc1csnn1. The first-order valence-electron chi connectivity index (χ1n) is 3.94. The van der Waals surface area contributed by atoms with Gasteiger partial charge in [0, 0.05) is 5.38 Å². The van der Waals surface area contributed by atoms with Crippen molar-refractivity contribution >= 4 is 35.9 Å². The summed E-state index contributed by atoms with van der Waals surface area (Å²) in [6, 6.07) is 0. The zero-order valence-electron chi connectivity index (χ0n) is 6.77. The lowest BCUT2D eigenvalue weighted by atomic mass is 10.3. The van der Waals surface area contributed by atoms with Gasteiger partial charge in [-0.25, -0.2) is 0 Å². The molecule has 0 aliphatic heterocycles. The van der Waals surface area contributed by atoms with Gasteiger partial charge < -0.3 is 0 Å². The standard InChI is InChI=1S/C7H12N2S3/c10-4-2-1-3-5-11-7-6-12-9-8-7/h6,10H,1-5H2. The minimum absolute atomic E-state index is 1.00. The van der Waals surface area contributed by atoms with Gasteiger partial charge in [0.2, 0.25) is 0 Å². The number of unbranched alkanes of at least 4 members (excludes halogenated alkanes) is 2. The molecule has 0 saturated carbocycles. The van der Waals surface area contributed by atoms with Gasteiger partial charge in [-0.1, -0.05) is 10.9 Å². The van der Waals surface area contributed by atoms with Gasteiger partial charge in [-0.15, -0.1) is 16.9 Å². The van der Waals surface area contributed by atoms with E-state index in [0.29, 0.717) is 0 Å². The largest absolute Gasteiger partial charge is 0.179 e. The summed E-state index contributed by atoms with van der Waals surface area (Å²) in [6.07, 6.45) is 3.75. The molecule has 0 unspecified atom stereocenters. The first-order valence-corrected chi connectivity index (χ1v) is 6.39. The number of thiol groups is 1. The fraction of sp³-hybridized carbons (Fsp3) is 0.714. The molecule has 68 valence electrons. The van der Waals surface area contributed by atoms with Gasteiger partial charge in [0.15, 0.2) is 0 Å². The molecule has 1 aromatic heterocycles. The smallest absolute Gasteiger partial charge is 0.131 e. The molecule has 0 radical (unpaired) electrons. The maximum atomic E-state index is 4.16. The second-order valence-corrected chi connectivity index (χ2v) is 4.55. The highest BCUT2D eigenvalue weighted by molar-refractivity contribution is 7.99. The molecular formula is C7H12N2S3. The molecule has 0 spiro atoms. The van der Waals surface area contributed by atoms with Crippen molar-refractivity contribution in [3.8, 4) is 0 Å². The summed E-state index contributed by atoms with van der Waals surface area (Å²) in [7, 11) is 0. The number of thioether (sulfide) groups is 1. The Hall–Kier alpha value is 0.260. The Labute approximate surface area is 86.7 Å². The number of nitrogens with zero attached hydrogens (tertiary/aromatic N) is 2. The third kappa shape index (κ3) is 4.33. The van der Waals surface area contributed by atoms with E-state index in [-0.39, 0.29) is 0 Å². The zero-order chi connectivity index (χ0) is 8.65. The molecule has 0 aliphatic rings. The van der Waals surface area contributed by atoms with Crippen LogP contribution in [0.5, 0.6) is 0 Å². The molecule has 0 aliphatic carbocycles. The van der Waals surface area contributed by atoms with Crippen LogP contribution in [-0.2, 0) is 0 Å². The molecule has 0 saturated heterocycles. The summed E-state index contributed by atoms with van der Waals surface area (Å²) in [6.45, 7) is 0. The van der Waals surface area contributed by atoms with E-state index in [4.69, 9.17) is 0 Å². The van der Waals surface area contributed by atoms with Crippen LogP contribution in [0.25, 0.3) is 0 Å². The molecule has 0 aromatic carbocycles. The quantitative estimate of drug-likeness (QED) is 0.453.